The maximum absolute atomic E-state index is 13.3. The fraction of sp³-hybridized carbons (Fsp3) is 0.0526. The second-order valence-corrected chi connectivity index (χ2v) is 5.34. The number of fused-ring (bicyclic) bond motifs is 1. The van der Waals surface area contributed by atoms with E-state index < -0.39 is 17.4 Å². The molecule has 0 saturated heterocycles. The number of hydrogen-bond donors (Lipinski definition) is 1. The van der Waals surface area contributed by atoms with E-state index >= 15 is 0 Å². The molecule has 5 heteroatoms. The van der Waals surface area contributed by atoms with Crippen LogP contribution in [0.1, 0.15) is 21.6 Å². The van der Waals surface area contributed by atoms with E-state index in [-0.39, 0.29) is 11.1 Å². The van der Waals surface area contributed by atoms with Crippen molar-refractivity contribution in [3.05, 3.63) is 76.5 Å². The summed E-state index contributed by atoms with van der Waals surface area (Å²) in [6.45, 7) is 1.75. The number of para-hydroxylation sites is 1. The molecular weight excluding hydrogens is 310 g/mol. The summed E-state index contributed by atoms with van der Waals surface area (Å²) in [5, 5.41) is 10.0. The van der Waals surface area contributed by atoms with E-state index in [9.17, 15) is 18.8 Å². The lowest BCUT2D eigenvalue weighted by Crippen LogP contribution is -2.03. The number of ketones is 1. The van der Waals surface area contributed by atoms with Gasteiger partial charge in [-0.2, -0.15) is 5.26 Å². The summed E-state index contributed by atoms with van der Waals surface area (Å²) in [6.07, 6.45) is 1.26. The average molecular weight is 322 g/mol. The lowest BCUT2D eigenvalue weighted by atomic mass is 9.99. The van der Waals surface area contributed by atoms with E-state index in [2.05, 4.69) is 4.98 Å². The largest absolute Gasteiger partial charge is 0.358 e. The zero-order chi connectivity index (χ0) is 17.3. The lowest BCUT2D eigenvalue weighted by molar-refractivity contribution is 0.104. The monoisotopic (exact) mass is 322 g/mol. The maximum atomic E-state index is 13.3. The first-order chi connectivity index (χ1) is 11.5. The highest BCUT2D eigenvalue weighted by Crippen LogP contribution is 2.25. The highest BCUT2D eigenvalue weighted by Gasteiger charge is 2.19. The standard InChI is InChI=1S/C19H12F2N2O/c1-11-18(14-4-2-3-5-17(14)23-11)19(24)13(10-22)8-12-6-7-15(20)16(21)9-12/h2-9,23H,1H3/b13-8-. The molecule has 118 valence electrons. The van der Waals surface area contributed by atoms with Crippen LogP contribution in [-0.4, -0.2) is 10.8 Å². The normalized spacial score (nSPS) is 11.5. The molecule has 3 nitrogen and oxygen atoms in total. The summed E-state index contributed by atoms with van der Waals surface area (Å²) in [6, 6.07) is 12.3. The van der Waals surface area contributed by atoms with Crippen molar-refractivity contribution >= 4 is 22.8 Å². The number of nitriles is 1. The third kappa shape index (κ3) is 2.70. The molecule has 24 heavy (non-hydrogen) atoms. The van der Waals surface area contributed by atoms with Crippen LogP contribution in [0.3, 0.4) is 0 Å². The fourth-order valence-corrected chi connectivity index (χ4v) is 2.62. The van der Waals surface area contributed by atoms with E-state index in [1.807, 2.05) is 18.2 Å². The number of halogens is 2. The van der Waals surface area contributed by atoms with Crippen LogP contribution >= 0.6 is 0 Å². The van der Waals surface area contributed by atoms with Crippen LogP contribution in [0.5, 0.6) is 0 Å². The molecule has 1 N–H and O–H groups in total. The lowest BCUT2D eigenvalue weighted by Gasteiger charge is -2.01. The molecule has 0 spiro atoms. The molecule has 0 fully saturated rings. The molecule has 0 aliphatic carbocycles. The van der Waals surface area contributed by atoms with Crippen molar-refractivity contribution in [1.82, 2.24) is 4.98 Å². The first kappa shape index (κ1) is 15.6. The Morgan fingerprint density at radius 2 is 1.92 bits per heavy atom. The predicted octanol–water partition coefficient (Wildman–Crippen LogP) is 4.54. The fourth-order valence-electron chi connectivity index (χ4n) is 2.62. The van der Waals surface area contributed by atoms with Gasteiger partial charge >= 0.3 is 0 Å². The summed E-state index contributed by atoms with van der Waals surface area (Å²) in [4.78, 5) is 15.8. The van der Waals surface area contributed by atoms with E-state index in [0.29, 0.717) is 16.6 Å². The van der Waals surface area contributed by atoms with Gasteiger partial charge < -0.3 is 4.98 Å². The van der Waals surface area contributed by atoms with E-state index in [1.165, 1.54) is 12.1 Å². The van der Waals surface area contributed by atoms with E-state index in [1.54, 1.807) is 19.1 Å². The number of carbonyl (C=O) groups is 1. The van der Waals surface area contributed by atoms with Crippen molar-refractivity contribution in [3.63, 3.8) is 0 Å². The Balaban J connectivity index is 2.09. The third-order valence-corrected chi connectivity index (χ3v) is 3.74. The Labute approximate surface area is 136 Å². The Bertz CT molecular complexity index is 1030. The molecule has 2 aromatic carbocycles. The zero-order valence-corrected chi connectivity index (χ0v) is 12.7. The van der Waals surface area contributed by atoms with Gasteiger partial charge in [0.1, 0.15) is 11.6 Å². The van der Waals surface area contributed by atoms with Crippen molar-refractivity contribution in [3.8, 4) is 6.07 Å². The smallest absolute Gasteiger partial charge is 0.205 e. The topological polar surface area (TPSA) is 56.6 Å². The van der Waals surface area contributed by atoms with Gasteiger partial charge in [0.15, 0.2) is 11.6 Å². The molecule has 0 bridgehead atoms. The minimum atomic E-state index is -1.03. The number of rotatable bonds is 3. The first-order valence-electron chi connectivity index (χ1n) is 7.20. The number of benzene rings is 2. The van der Waals surface area contributed by atoms with E-state index in [0.717, 1.165) is 17.6 Å². The number of aryl methyl sites for hydroxylation is 1. The molecule has 0 unspecified atom stereocenters. The van der Waals surface area contributed by atoms with Gasteiger partial charge in [0.2, 0.25) is 5.78 Å². The first-order valence-corrected chi connectivity index (χ1v) is 7.20. The number of allylic oxidation sites excluding steroid dienone is 1. The molecule has 3 rings (SSSR count). The van der Waals surface area contributed by atoms with Crippen molar-refractivity contribution in [1.29, 1.82) is 5.26 Å². The average Bonchev–Trinajstić information content (AvgIpc) is 2.91. The summed E-state index contributed by atoms with van der Waals surface area (Å²) in [5.41, 5.74) is 1.95. The van der Waals surface area contributed by atoms with Gasteiger partial charge in [-0.3, -0.25) is 4.79 Å². The van der Waals surface area contributed by atoms with Gasteiger partial charge in [-0.1, -0.05) is 24.3 Å². The summed E-state index contributed by atoms with van der Waals surface area (Å²) >= 11 is 0. The van der Waals surface area contributed by atoms with Crippen LogP contribution in [0, 0.1) is 29.9 Å². The van der Waals surface area contributed by atoms with Gasteiger partial charge in [0.05, 0.1) is 5.56 Å². The molecular formula is C19H12F2N2O. The number of aromatic nitrogens is 1. The molecule has 1 aromatic heterocycles. The van der Waals surface area contributed by atoms with Crippen LogP contribution in [0.2, 0.25) is 0 Å². The second-order valence-electron chi connectivity index (χ2n) is 5.34. The minimum absolute atomic E-state index is 0.145. The zero-order valence-electron chi connectivity index (χ0n) is 12.7. The quantitative estimate of drug-likeness (QED) is 0.437. The van der Waals surface area contributed by atoms with Gasteiger partial charge in [0, 0.05) is 16.6 Å². The Hall–Kier alpha value is -3.26. The molecule has 0 amide bonds. The molecule has 3 aromatic rings. The summed E-state index contributed by atoms with van der Waals surface area (Å²) in [7, 11) is 0. The Morgan fingerprint density at radius 1 is 1.17 bits per heavy atom. The molecule has 1 heterocycles. The Kier molecular flexibility index (Phi) is 3.97. The third-order valence-electron chi connectivity index (χ3n) is 3.74. The highest BCUT2D eigenvalue weighted by molar-refractivity contribution is 6.20. The molecule has 0 saturated carbocycles. The molecule has 0 aliphatic heterocycles. The number of H-pyrrole nitrogens is 1. The molecule has 0 aliphatic rings. The van der Waals surface area contributed by atoms with Crippen LogP contribution in [0.4, 0.5) is 8.78 Å². The highest BCUT2D eigenvalue weighted by atomic mass is 19.2. The molecule has 0 atom stereocenters. The number of Topliss-reactive ketones (excluding diaryl/α,β-unsaturated/α-hetero) is 1. The van der Waals surface area contributed by atoms with Crippen LogP contribution in [0.15, 0.2) is 48.0 Å². The maximum Gasteiger partial charge on any atom is 0.205 e. The van der Waals surface area contributed by atoms with Crippen LogP contribution in [0.25, 0.3) is 17.0 Å². The predicted molar refractivity (Wildman–Crippen MR) is 87.3 cm³/mol. The van der Waals surface area contributed by atoms with E-state index in [4.69, 9.17) is 0 Å². The van der Waals surface area contributed by atoms with Gasteiger partial charge in [-0.15, -0.1) is 0 Å². The minimum Gasteiger partial charge on any atom is -0.358 e. The van der Waals surface area contributed by atoms with Crippen molar-refractivity contribution in [2.75, 3.05) is 0 Å². The number of aromatic amines is 1. The van der Waals surface area contributed by atoms with Crippen molar-refractivity contribution in [2.45, 2.75) is 6.92 Å². The van der Waals surface area contributed by atoms with Crippen LogP contribution < -0.4 is 0 Å². The number of carbonyl (C=O) groups excluding carboxylic acids is 1. The van der Waals surface area contributed by atoms with Crippen molar-refractivity contribution < 1.29 is 13.6 Å². The van der Waals surface area contributed by atoms with Gasteiger partial charge in [0.25, 0.3) is 0 Å². The second kappa shape index (κ2) is 6.09. The van der Waals surface area contributed by atoms with Crippen molar-refractivity contribution in [2.24, 2.45) is 0 Å². The number of nitrogens with zero attached hydrogens (tertiary/aromatic N) is 1. The summed E-state index contributed by atoms with van der Waals surface area (Å²) in [5.74, 6) is -2.47. The SMILES string of the molecule is Cc1[nH]c2ccccc2c1C(=O)/C(C#N)=C\c1ccc(F)c(F)c1. The van der Waals surface area contributed by atoms with Gasteiger partial charge in [-0.25, -0.2) is 8.78 Å². The molecule has 0 radical (unpaired) electrons. The van der Waals surface area contributed by atoms with Gasteiger partial charge in [-0.05, 0) is 36.8 Å². The Morgan fingerprint density at radius 3 is 2.62 bits per heavy atom. The number of hydrogen-bond acceptors (Lipinski definition) is 2. The number of nitrogens with one attached hydrogen (secondary N) is 1. The van der Waals surface area contributed by atoms with Crippen LogP contribution in [-0.2, 0) is 0 Å². The summed E-state index contributed by atoms with van der Waals surface area (Å²) < 4.78 is 26.3.